The molecule has 1 unspecified atom stereocenters. The highest BCUT2D eigenvalue weighted by atomic mass is 32.2. The number of ketones is 1. The summed E-state index contributed by atoms with van der Waals surface area (Å²) in [5.41, 5.74) is 1.41. The number of Topliss-reactive ketones (excluding diaryl/α,β-unsaturated/α-hetero) is 1. The van der Waals surface area contributed by atoms with Crippen molar-refractivity contribution in [1.29, 1.82) is 0 Å². The Balaban J connectivity index is 2.32. The lowest BCUT2D eigenvalue weighted by atomic mass is 10.0. The Hall–Kier alpha value is -1.36. The van der Waals surface area contributed by atoms with Crippen molar-refractivity contribution in [3.63, 3.8) is 0 Å². The van der Waals surface area contributed by atoms with Crippen molar-refractivity contribution in [2.75, 3.05) is 12.9 Å². The van der Waals surface area contributed by atoms with E-state index in [4.69, 9.17) is 4.74 Å². The summed E-state index contributed by atoms with van der Waals surface area (Å²) in [6, 6.07) is 5.07. The van der Waals surface area contributed by atoms with Crippen LogP contribution >= 0.6 is 0 Å². The number of ether oxygens (including phenoxy) is 1. The molecule has 0 N–H and O–H groups in total. The third-order valence-electron chi connectivity index (χ3n) is 2.99. The third-order valence-corrected chi connectivity index (χ3v) is 4.48. The van der Waals surface area contributed by atoms with Gasteiger partial charge < -0.3 is 4.74 Å². The topological polar surface area (TPSA) is 60.4 Å². The Kier molecular flexibility index (Phi) is 2.95. The molecule has 17 heavy (non-hydrogen) atoms. The van der Waals surface area contributed by atoms with E-state index in [2.05, 4.69) is 0 Å². The lowest BCUT2D eigenvalue weighted by molar-refractivity contribution is 0.0991. The Morgan fingerprint density at radius 2 is 2.12 bits per heavy atom. The predicted octanol–water partition coefficient (Wildman–Crippen LogP) is 1.24. The molecule has 92 valence electrons. The number of carbonyl (C=O) groups is 1. The molecule has 0 radical (unpaired) electrons. The predicted molar refractivity (Wildman–Crippen MR) is 64.3 cm³/mol. The SMILES string of the molecule is CC(C(=O)c1ccc2c(c1)CCO2)S(C)(=O)=O. The van der Waals surface area contributed by atoms with Gasteiger partial charge in [0, 0.05) is 18.2 Å². The first kappa shape index (κ1) is 12.1. The third kappa shape index (κ3) is 2.34. The van der Waals surface area contributed by atoms with Gasteiger partial charge in [-0.2, -0.15) is 0 Å². The van der Waals surface area contributed by atoms with Crippen molar-refractivity contribution in [3.05, 3.63) is 29.3 Å². The molecule has 5 heteroatoms. The molecule has 0 saturated carbocycles. The van der Waals surface area contributed by atoms with Crippen molar-refractivity contribution in [1.82, 2.24) is 0 Å². The molecule has 0 saturated heterocycles. The summed E-state index contributed by atoms with van der Waals surface area (Å²) in [4.78, 5) is 12.0. The minimum Gasteiger partial charge on any atom is -0.493 e. The van der Waals surface area contributed by atoms with E-state index >= 15 is 0 Å². The maximum atomic E-state index is 12.0. The maximum absolute atomic E-state index is 12.0. The van der Waals surface area contributed by atoms with Crippen LogP contribution in [-0.2, 0) is 16.3 Å². The number of hydrogen-bond acceptors (Lipinski definition) is 4. The number of rotatable bonds is 3. The largest absolute Gasteiger partial charge is 0.493 e. The molecule has 1 aromatic rings. The van der Waals surface area contributed by atoms with E-state index in [-0.39, 0.29) is 5.78 Å². The van der Waals surface area contributed by atoms with Crippen LogP contribution in [-0.4, -0.2) is 32.3 Å². The highest BCUT2D eigenvalue weighted by Gasteiger charge is 2.25. The van der Waals surface area contributed by atoms with Crippen LogP contribution in [0.25, 0.3) is 0 Å². The standard InChI is InChI=1S/C12H14O4S/c1-8(17(2,14)15)12(13)10-3-4-11-9(7-10)5-6-16-11/h3-4,7-8H,5-6H2,1-2H3. The minimum absolute atomic E-state index is 0.359. The molecule has 1 heterocycles. The monoisotopic (exact) mass is 254 g/mol. The van der Waals surface area contributed by atoms with Gasteiger partial charge in [0.25, 0.3) is 0 Å². The first-order chi connectivity index (χ1) is 7.89. The second-order valence-corrected chi connectivity index (χ2v) is 6.62. The molecular weight excluding hydrogens is 240 g/mol. The van der Waals surface area contributed by atoms with E-state index in [0.29, 0.717) is 12.2 Å². The van der Waals surface area contributed by atoms with Crippen molar-refractivity contribution in [3.8, 4) is 5.75 Å². The quantitative estimate of drug-likeness (QED) is 0.761. The normalized spacial score (nSPS) is 16.1. The van der Waals surface area contributed by atoms with Crippen LogP contribution in [0.2, 0.25) is 0 Å². The number of carbonyl (C=O) groups excluding carboxylic acids is 1. The molecular formula is C12H14O4S. The van der Waals surface area contributed by atoms with Crippen LogP contribution in [0.4, 0.5) is 0 Å². The van der Waals surface area contributed by atoms with Gasteiger partial charge in [0.05, 0.1) is 6.61 Å². The summed E-state index contributed by atoms with van der Waals surface area (Å²) >= 11 is 0. The molecule has 1 aromatic carbocycles. The summed E-state index contributed by atoms with van der Waals surface area (Å²) < 4.78 is 28.0. The highest BCUT2D eigenvalue weighted by Crippen LogP contribution is 2.26. The molecule has 1 atom stereocenters. The van der Waals surface area contributed by atoms with Gasteiger partial charge in [0.1, 0.15) is 11.0 Å². The van der Waals surface area contributed by atoms with Crippen LogP contribution in [0.1, 0.15) is 22.8 Å². The maximum Gasteiger partial charge on any atom is 0.180 e. The Bertz CT molecular complexity index is 560. The van der Waals surface area contributed by atoms with Crippen LogP contribution in [0.15, 0.2) is 18.2 Å². The van der Waals surface area contributed by atoms with Crippen LogP contribution in [0.5, 0.6) is 5.75 Å². The Labute approximate surface area is 101 Å². The van der Waals surface area contributed by atoms with E-state index in [1.807, 2.05) is 0 Å². The molecule has 1 aliphatic heterocycles. The van der Waals surface area contributed by atoms with E-state index in [0.717, 1.165) is 24.0 Å². The molecule has 0 aromatic heterocycles. The van der Waals surface area contributed by atoms with Crippen LogP contribution in [0.3, 0.4) is 0 Å². The summed E-state index contributed by atoms with van der Waals surface area (Å²) in [5, 5.41) is -0.997. The molecule has 0 spiro atoms. The fraction of sp³-hybridized carbons (Fsp3) is 0.417. The molecule has 0 bridgehead atoms. The lowest BCUT2D eigenvalue weighted by Gasteiger charge is -2.09. The first-order valence-corrected chi connectivity index (χ1v) is 7.34. The second kappa shape index (κ2) is 4.14. The number of sulfone groups is 1. The number of benzene rings is 1. The number of fused-ring (bicyclic) bond motifs is 1. The summed E-state index contributed by atoms with van der Waals surface area (Å²) in [7, 11) is -3.35. The van der Waals surface area contributed by atoms with Gasteiger partial charge in [-0.3, -0.25) is 4.79 Å². The fourth-order valence-corrected chi connectivity index (χ4v) is 2.29. The van der Waals surface area contributed by atoms with Gasteiger partial charge in [-0.25, -0.2) is 8.42 Å². The summed E-state index contributed by atoms with van der Waals surface area (Å²) in [6.07, 6.45) is 1.84. The van der Waals surface area contributed by atoms with Gasteiger partial charge in [-0.1, -0.05) is 0 Å². The average Bonchev–Trinajstić information content (AvgIpc) is 2.72. The zero-order valence-electron chi connectivity index (χ0n) is 9.76. The van der Waals surface area contributed by atoms with Gasteiger partial charge in [-0.05, 0) is 30.7 Å². The minimum atomic E-state index is -3.35. The lowest BCUT2D eigenvalue weighted by Crippen LogP contribution is -2.26. The van der Waals surface area contributed by atoms with Crippen molar-refractivity contribution >= 4 is 15.6 Å². The molecule has 0 aliphatic carbocycles. The Morgan fingerprint density at radius 1 is 1.41 bits per heavy atom. The van der Waals surface area contributed by atoms with Crippen molar-refractivity contribution in [2.45, 2.75) is 18.6 Å². The average molecular weight is 254 g/mol. The van der Waals surface area contributed by atoms with Gasteiger partial charge in [0.15, 0.2) is 15.6 Å². The molecule has 0 fully saturated rings. The van der Waals surface area contributed by atoms with E-state index in [1.165, 1.54) is 6.92 Å². The Morgan fingerprint density at radius 3 is 2.76 bits per heavy atom. The molecule has 4 nitrogen and oxygen atoms in total. The van der Waals surface area contributed by atoms with E-state index < -0.39 is 15.1 Å². The zero-order valence-corrected chi connectivity index (χ0v) is 10.6. The van der Waals surface area contributed by atoms with E-state index in [9.17, 15) is 13.2 Å². The van der Waals surface area contributed by atoms with Gasteiger partial charge >= 0.3 is 0 Å². The number of hydrogen-bond donors (Lipinski definition) is 0. The van der Waals surface area contributed by atoms with Gasteiger partial charge in [0.2, 0.25) is 0 Å². The second-order valence-electron chi connectivity index (χ2n) is 4.26. The molecule has 2 rings (SSSR count). The molecule has 1 aliphatic rings. The first-order valence-electron chi connectivity index (χ1n) is 5.38. The smallest absolute Gasteiger partial charge is 0.180 e. The highest BCUT2D eigenvalue weighted by molar-refractivity contribution is 7.92. The van der Waals surface area contributed by atoms with Crippen LogP contribution in [0, 0.1) is 0 Å². The van der Waals surface area contributed by atoms with E-state index in [1.54, 1.807) is 18.2 Å². The van der Waals surface area contributed by atoms with Crippen molar-refractivity contribution < 1.29 is 17.9 Å². The van der Waals surface area contributed by atoms with Gasteiger partial charge in [-0.15, -0.1) is 0 Å². The van der Waals surface area contributed by atoms with Crippen LogP contribution < -0.4 is 4.74 Å². The zero-order chi connectivity index (χ0) is 12.6. The van der Waals surface area contributed by atoms with Crippen molar-refractivity contribution in [2.24, 2.45) is 0 Å². The fourth-order valence-electron chi connectivity index (χ4n) is 1.77. The summed E-state index contributed by atoms with van der Waals surface area (Å²) in [6.45, 7) is 2.04. The summed E-state index contributed by atoms with van der Waals surface area (Å²) in [5.74, 6) is 0.427. The molecule has 0 amide bonds.